The van der Waals surface area contributed by atoms with Crippen LogP contribution in [0.25, 0.3) is 11.1 Å². The number of hydrogen-bond acceptors (Lipinski definition) is 8. The fourth-order valence-electron chi connectivity index (χ4n) is 4.97. The summed E-state index contributed by atoms with van der Waals surface area (Å²) < 4.78 is 21.9. The van der Waals surface area contributed by atoms with Gasteiger partial charge in [0.2, 0.25) is 17.2 Å². The molecule has 2 aromatic carbocycles. The molecule has 2 atom stereocenters. The van der Waals surface area contributed by atoms with Crippen molar-refractivity contribution in [3.63, 3.8) is 0 Å². The molecule has 184 valence electrons. The van der Waals surface area contributed by atoms with Crippen LogP contribution < -0.4 is 14.2 Å². The number of nitrogens with zero attached hydrogens (tertiary/aromatic N) is 1. The van der Waals surface area contributed by atoms with Crippen molar-refractivity contribution in [2.75, 3.05) is 21.3 Å². The zero-order valence-electron chi connectivity index (χ0n) is 20.0. The zero-order chi connectivity index (χ0) is 25.8. The molecule has 0 saturated carbocycles. The molecule has 0 N–H and O–H groups in total. The van der Waals surface area contributed by atoms with Crippen LogP contribution in [0.2, 0.25) is 5.02 Å². The minimum absolute atomic E-state index is 0.0434. The number of benzene rings is 2. The first-order valence-corrected chi connectivity index (χ1v) is 11.6. The van der Waals surface area contributed by atoms with Crippen LogP contribution in [0.3, 0.4) is 0 Å². The van der Waals surface area contributed by atoms with Crippen LogP contribution in [0.15, 0.2) is 42.5 Å². The zero-order valence-corrected chi connectivity index (χ0v) is 20.8. The normalized spacial score (nSPS) is 20.0. The summed E-state index contributed by atoms with van der Waals surface area (Å²) in [7, 11) is 4.11. The van der Waals surface area contributed by atoms with Crippen molar-refractivity contribution in [3.05, 3.63) is 70.0 Å². The largest absolute Gasteiger partial charge is 0.496 e. The van der Waals surface area contributed by atoms with Crippen molar-refractivity contribution in [3.8, 4) is 28.4 Å². The Hall–Kier alpha value is -3.91. The highest BCUT2D eigenvalue weighted by atomic mass is 35.5. The number of fused-ring (bicyclic) bond motifs is 2. The van der Waals surface area contributed by atoms with Gasteiger partial charge >= 0.3 is 5.97 Å². The molecule has 2 heterocycles. The van der Waals surface area contributed by atoms with Gasteiger partial charge in [-0.2, -0.15) is 0 Å². The van der Waals surface area contributed by atoms with Gasteiger partial charge in [0.25, 0.3) is 0 Å². The van der Waals surface area contributed by atoms with Crippen molar-refractivity contribution in [1.29, 1.82) is 0 Å². The second kappa shape index (κ2) is 8.64. The molecule has 0 fully saturated rings. The van der Waals surface area contributed by atoms with Crippen LogP contribution >= 0.6 is 11.6 Å². The van der Waals surface area contributed by atoms with Crippen molar-refractivity contribution >= 4 is 29.1 Å². The first kappa shape index (κ1) is 23.8. The Balaban J connectivity index is 1.75. The average Bonchev–Trinajstić information content (AvgIpc) is 3.21. The first-order valence-electron chi connectivity index (χ1n) is 11.2. The minimum atomic E-state index is -1.88. The van der Waals surface area contributed by atoms with E-state index in [0.29, 0.717) is 16.8 Å². The summed E-state index contributed by atoms with van der Waals surface area (Å²) in [6.45, 7) is 1.73. The predicted octanol–water partition coefficient (Wildman–Crippen LogP) is 4.59. The van der Waals surface area contributed by atoms with Gasteiger partial charge in [-0.25, -0.2) is 9.78 Å². The highest BCUT2D eigenvalue weighted by molar-refractivity contribution is 6.36. The van der Waals surface area contributed by atoms with Crippen molar-refractivity contribution in [1.82, 2.24) is 4.98 Å². The molecule has 2 aliphatic rings. The third-order valence-corrected chi connectivity index (χ3v) is 7.11. The lowest BCUT2D eigenvalue weighted by atomic mass is 9.69. The number of ether oxygens (including phenoxy) is 4. The van der Waals surface area contributed by atoms with E-state index in [2.05, 4.69) is 4.98 Å². The number of pyridine rings is 1. The van der Waals surface area contributed by atoms with E-state index in [-0.39, 0.29) is 45.5 Å². The summed E-state index contributed by atoms with van der Waals surface area (Å²) in [6, 6.07) is 12.1. The molecule has 0 amide bonds. The fraction of sp³-hybridized carbons (Fsp3) is 0.259. The van der Waals surface area contributed by atoms with E-state index >= 15 is 0 Å². The van der Waals surface area contributed by atoms with E-state index < -0.39 is 29.1 Å². The summed E-state index contributed by atoms with van der Waals surface area (Å²) >= 11 is 6.51. The maximum absolute atomic E-state index is 14.3. The number of esters is 1. The van der Waals surface area contributed by atoms with Gasteiger partial charge in [-0.1, -0.05) is 48.9 Å². The fourth-order valence-corrected chi connectivity index (χ4v) is 5.24. The summed E-state index contributed by atoms with van der Waals surface area (Å²) in [6.07, 6.45) is 0.197. The van der Waals surface area contributed by atoms with Gasteiger partial charge in [0.15, 0.2) is 5.75 Å². The Labute approximate surface area is 212 Å². The standard InChI is InChI=1S/C27H22ClNO7/c1-13-10-16-20(15(14-8-6-5-7-9-14)11-17(29-16)26(32)35-4)24(30)27(13)25(31)21-18(33-2)12-19(34-3)22(28)23(21)36-27/h5-9,11-13H,10H2,1-4H3. The molecule has 2 unspecified atom stereocenters. The maximum Gasteiger partial charge on any atom is 0.356 e. The Morgan fingerprint density at radius 1 is 1.03 bits per heavy atom. The second-order valence-corrected chi connectivity index (χ2v) is 9.01. The molecule has 5 rings (SSSR count). The van der Waals surface area contributed by atoms with Gasteiger partial charge in [-0.3, -0.25) is 9.59 Å². The van der Waals surface area contributed by atoms with E-state index in [1.54, 1.807) is 6.92 Å². The number of methoxy groups -OCH3 is 3. The topological polar surface area (TPSA) is 101 Å². The van der Waals surface area contributed by atoms with Gasteiger partial charge in [0, 0.05) is 12.0 Å². The van der Waals surface area contributed by atoms with E-state index in [1.807, 2.05) is 30.3 Å². The molecular formula is C27H22ClNO7. The maximum atomic E-state index is 14.3. The van der Waals surface area contributed by atoms with Gasteiger partial charge in [-0.15, -0.1) is 0 Å². The van der Waals surface area contributed by atoms with Crippen LogP contribution in [0.4, 0.5) is 0 Å². The molecule has 1 aromatic heterocycles. The van der Waals surface area contributed by atoms with Gasteiger partial charge in [0.1, 0.15) is 27.8 Å². The summed E-state index contributed by atoms with van der Waals surface area (Å²) in [5, 5.41) is 0.0757. The second-order valence-electron chi connectivity index (χ2n) is 8.63. The molecule has 1 spiro atoms. The molecule has 3 aromatic rings. The molecular weight excluding hydrogens is 486 g/mol. The van der Waals surface area contributed by atoms with Gasteiger partial charge in [-0.05, 0) is 23.6 Å². The molecule has 1 aliphatic carbocycles. The molecule has 9 heteroatoms. The summed E-state index contributed by atoms with van der Waals surface area (Å²) in [5.74, 6) is -1.87. The number of carbonyl (C=O) groups excluding carboxylic acids is 3. The van der Waals surface area contributed by atoms with Crippen LogP contribution in [0.1, 0.15) is 43.8 Å². The van der Waals surface area contributed by atoms with Crippen LogP contribution in [0, 0.1) is 5.92 Å². The smallest absolute Gasteiger partial charge is 0.356 e. The predicted molar refractivity (Wildman–Crippen MR) is 130 cm³/mol. The van der Waals surface area contributed by atoms with Crippen LogP contribution in [-0.2, 0) is 11.2 Å². The number of aromatic nitrogens is 1. The Morgan fingerprint density at radius 2 is 1.69 bits per heavy atom. The van der Waals surface area contributed by atoms with Crippen LogP contribution in [0.5, 0.6) is 17.2 Å². The number of ketones is 2. The molecule has 1 aliphatic heterocycles. The van der Waals surface area contributed by atoms with E-state index in [0.717, 1.165) is 0 Å². The van der Waals surface area contributed by atoms with Gasteiger partial charge in [0.05, 0.1) is 32.6 Å². The number of halogens is 1. The lowest BCUT2D eigenvalue weighted by Gasteiger charge is -2.37. The molecule has 8 nitrogen and oxygen atoms in total. The van der Waals surface area contributed by atoms with Crippen molar-refractivity contribution < 1.29 is 33.3 Å². The Bertz CT molecular complexity index is 1440. The summed E-state index contributed by atoms with van der Waals surface area (Å²) in [5.41, 5.74) is 0.0316. The van der Waals surface area contributed by atoms with E-state index in [1.165, 1.54) is 33.5 Å². The monoisotopic (exact) mass is 507 g/mol. The van der Waals surface area contributed by atoms with Crippen molar-refractivity contribution in [2.45, 2.75) is 18.9 Å². The molecule has 36 heavy (non-hydrogen) atoms. The number of Topliss-reactive ketones (excluding diaryl/α,β-unsaturated/α-hetero) is 2. The van der Waals surface area contributed by atoms with Crippen LogP contribution in [-0.4, -0.2) is 49.5 Å². The Morgan fingerprint density at radius 3 is 2.33 bits per heavy atom. The van der Waals surface area contributed by atoms with E-state index in [9.17, 15) is 14.4 Å². The Kier molecular flexibility index (Phi) is 5.71. The average molecular weight is 508 g/mol. The minimum Gasteiger partial charge on any atom is -0.496 e. The van der Waals surface area contributed by atoms with Gasteiger partial charge < -0.3 is 18.9 Å². The lowest BCUT2D eigenvalue weighted by Crippen LogP contribution is -2.57. The third-order valence-electron chi connectivity index (χ3n) is 6.75. The molecule has 0 saturated heterocycles. The highest BCUT2D eigenvalue weighted by Gasteiger charge is 2.62. The molecule has 0 radical (unpaired) electrons. The number of carbonyl (C=O) groups is 3. The van der Waals surface area contributed by atoms with E-state index in [4.69, 9.17) is 30.5 Å². The highest BCUT2D eigenvalue weighted by Crippen LogP contribution is 2.54. The van der Waals surface area contributed by atoms with Crippen molar-refractivity contribution in [2.24, 2.45) is 5.92 Å². The number of hydrogen-bond donors (Lipinski definition) is 0. The SMILES string of the molecule is COC(=O)c1cc(-c2ccccc2)c2c(n1)CC(C)C1(Oc3c(Cl)c(OC)cc(OC)c3C1=O)C2=O. The number of rotatable bonds is 4. The molecule has 0 bridgehead atoms. The first-order chi connectivity index (χ1) is 17.3. The quantitative estimate of drug-likeness (QED) is 0.373. The third kappa shape index (κ3) is 3.21. The summed E-state index contributed by atoms with van der Waals surface area (Å²) in [4.78, 5) is 45.1. The lowest BCUT2D eigenvalue weighted by molar-refractivity contribution is 0.0256.